The summed E-state index contributed by atoms with van der Waals surface area (Å²) < 4.78 is 0. The smallest absolute Gasteiger partial charge is 0.309 e. The first-order chi connectivity index (χ1) is 8.24. The molecule has 0 aromatic heterocycles. The lowest BCUT2D eigenvalue weighted by Gasteiger charge is -2.37. The molecule has 1 fully saturated rings. The molecule has 0 aromatic rings. The molecule has 1 aliphatic heterocycles. The first kappa shape index (κ1) is 15.0. The minimum Gasteiger partial charge on any atom is -0.481 e. The average Bonchev–Trinajstić information content (AvgIpc) is 2.28. The van der Waals surface area contributed by atoms with Gasteiger partial charge in [0, 0.05) is 25.6 Å². The van der Waals surface area contributed by atoms with Crippen LogP contribution in [0.3, 0.4) is 0 Å². The number of likely N-dealkylation sites (tertiary alicyclic amines) is 1. The zero-order valence-electron chi connectivity index (χ0n) is 11.8. The van der Waals surface area contributed by atoms with Gasteiger partial charge in [-0.05, 0) is 40.8 Å². The Morgan fingerprint density at radius 2 is 2.00 bits per heavy atom. The number of carbonyl (C=O) groups excluding carboxylic acids is 1. The third-order valence-electron chi connectivity index (χ3n) is 3.65. The van der Waals surface area contributed by atoms with E-state index < -0.39 is 11.4 Å². The highest BCUT2D eigenvalue weighted by Gasteiger charge is 2.33. The molecule has 1 unspecified atom stereocenters. The molecule has 1 N–H and O–H groups in total. The van der Waals surface area contributed by atoms with Crippen LogP contribution in [0.15, 0.2) is 0 Å². The largest absolute Gasteiger partial charge is 0.481 e. The van der Waals surface area contributed by atoms with Crippen molar-refractivity contribution in [2.45, 2.75) is 39.2 Å². The fourth-order valence-electron chi connectivity index (χ4n) is 2.17. The number of hydrogen-bond acceptors (Lipinski definition) is 3. The van der Waals surface area contributed by atoms with Gasteiger partial charge in [0.05, 0.1) is 5.41 Å². The van der Waals surface area contributed by atoms with Gasteiger partial charge >= 0.3 is 5.97 Å². The van der Waals surface area contributed by atoms with Gasteiger partial charge in [-0.2, -0.15) is 0 Å². The van der Waals surface area contributed by atoms with Crippen LogP contribution >= 0.6 is 0 Å². The van der Waals surface area contributed by atoms with E-state index in [1.165, 1.54) is 0 Å². The van der Waals surface area contributed by atoms with E-state index in [0.717, 1.165) is 19.4 Å². The minimum atomic E-state index is -0.984. The fraction of sp³-hybridized carbons (Fsp3) is 0.846. The molecule has 1 heterocycles. The van der Waals surface area contributed by atoms with Crippen LogP contribution in [0.25, 0.3) is 0 Å². The summed E-state index contributed by atoms with van der Waals surface area (Å²) in [5, 5.41) is 9.05. The molecule has 0 saturated carbocycles. The van der Waals surface area contributed by atoms with Gasteiger partial charge in [-0.3, -0.25) is 9.59 Å². The first-order valence-electron chi connectivity index (χ1n) is 6.41. The van der Waals surface area contributed by atoms with Crippen LogP contribution in [0.2, 0.25) is 0 Å². The highest BCUT2D eigenvalue weighted by Crippen LogP contribution is 2.23. The Balaban J connectivity index is 2.59. The van der Waals surface area contributed by atoms with Crippen molar-refractivity contribution in [3.63, 3.8) is 0 Å². The van der Waals surface area contributed by atoms with E-state index in [4.69, 9.17) is 5.11 Å². The molecular formula is C13H24N2O3. The normalized spacial score (nSPS) is 21.2. The molecule has 0 radical (unpaired) electrons. The molecule has 1 amide bonds. The molecule has 5 heteroatoms. The van der Waals surface area contributed by atoms with Crippen LogP contribution in [0.5, 0.6) is 0 Å². The Kier molecular flexibility index (Phi) is 4.73. The predicted molar refractivity (Wildman–Crippen MR) is 69.3 cm³/mol. The molecule has 5 nitrogen and oxygen atoms in total. The number of carboxylic acid groups (broad SMARTS) is 1. The average molecular weight is 256 g/mol. The second kappa shape index (κ2) is 5.69. The lowest BCUT2D eigenvalue weighted by Crippen LogP contribution is -2.48. The third-order valence-corrected chi connectivity index (χ3v) is 3.65. The summed E-state index contributed by atoms with van der Waals surface area (Å²) in [4.78, 5) is 27.1. The summed E-state index contributed by atoms with van der Waals surface area (Å²) >= 11 is 0. The maximum absolute atomic E-state index is 12.1. The SMILES string of the molecule is CN(C)C1CCCN(C(=O)CC(C)(C)C(=O)O)C1. The van der Waals surface area contributed by atoms with Gasteiger partial charge in [-0.25, -0.2) is 0 Å². The van der Waals surface area contributed by atoms with Crippen LogP contribution in [0.1, 0.15) is 33.1 Å². The highest BCUT2D eigenvalue weighted by molar-refractivity contribution is 5.84. The molecule has 0 aliphatic carbocycles. The third kappa shape index (κ3) is 3.70. The molecular weight excluding hydrogens is 232 g/mol. The fourth-order valence-corrected chi connectivity index (χ4v) is 2.17. The number of likely N-dealkylation sites (N-methyl/N-ethyl adjacent to an activating group) is 1. The summed E-state index contributed by atoms with van der Waals surface area (Å²) in [5.74, 6) is -0.967. The Bertz CT molecular complexity index is 326. The van der Waals surface area contributed by atoms with Crippen LogP contribution in [-0.4, -0.2) is 60.0 Å². The molecule has 0 spiro atoms. The summed E-state index contributed by atoms with van der Waals surface area (Å²) in [6.45, 7) is 4.65. The molecule has 104 valence electrons. The second-order valence-corrected chi connectivity index (χ2v) is 5.97. The standard InChI is InChI=1S/C13H24N2O3/c1-13(2,12(17)18)8-11(16)15-7-5-6-10(9-15)14(3)4/h10H,5-9H2,1-4H3,(H,17,18). The molecule has 0 bridgehead atoms. The van der Waals surface area contributed by atoms with E-state index in [1.54, 1.807) is 18.7 Å². The zero-order chi connectivity index (χ0) is 13.9. The van der Waals surface area contributed by atoms with Crippen LogP contribution in [0, 0.1) is 5.41 Å². The van der Waals surface area contributed by atoms with E-state index in [-0.39, 0.29) is 12.3 Å². The van der Waals surface area contributed by atoms with E-state index in [9.17, 15) is 9.59 Å². The number of nitrogens with zero attached hydrogens (tertiary/aromatic N) is 2. The highest BCUT2D eigenvalue weighted by atomic mass is 16.4. The first-order valence-corrected chi connectivity index (χ1v) is 6.41. The number of aliphatic carboxylic acids is 1. The van der Waals surface area contributed by atoms with E-state index >= 15 is 0 Å². The van der Waals surface area contributed by atoms with E-state index in [0.29, 0.717) is 12.6 Å². The summed E-state index contributed by atoms with van der Waals surface area (Å²) in [6.07, 6.45) is 2.16. The molecule has 1 atom stereocenters. The van der Waals surface area contributed by atoms with E-state index in [2.05, 4.69) is 4.90 Å². The van der Waals surface area contributed by atoms with Gasteiger partial charge in [-0.15, -0.1) is 0 Å². The van der Waals surface area contributed by atoms with Crippen molar-refractivity contribution >= 4 is 11.9 Å². The van der Waals surface area contributed by atoms with Gasteiger partial charge in [0.1, 0.15) is 0 Å². The molecule has 1 rings (SSSR count). The van der Waals surface area contributed by atoms with Crippen LogP contribution < -0.4 is 0 Å². The monoisotopic (exact) mass is 256 g/mol. The van der Waals surface area contributed by atoms with Crippen molar-refractivity contribution in [3.8, 4) is 0 Å². The lowest BCUT2D eigenvalue weighted by molar-refractivity contribution is -0.152. The van der Waals surface area contributed by atoms with Crippen molar-refractivity contribution in [1.29, 1.82) is 0 Å². The van der Waals surface area contributed by atoms with Gasteiger partial charge in [-0.1, -0.05) is 0 Å². The lowest BCUT2D eigenvalue weighted by atomic mass is 9.88. The predicted octanol–water partition coefficient (Wildman–Crippen LogP) is 1.04. The van der Waals surface area contributed by atoms with Crippen LogP contribution in [-0.2, 0) is 9.59 Å². The molecule has 1 saturated heterocycles. The van der Waals surface area contributed by atoms with Crippen molar-refractivity contribution in [1.82, 2.24) is 9.80 Å². The molecule has 0 aromatic carbocycles. The molecule has 1 aliphatic rings. The zero-order valence-corrected chi connectivity index (χ0v) is 11.8. The second-order valence-electron chi connectivity index (χ2n) is 5.97. The van der Waals surface area contributed by atoms with Gasteiger partial charge in [0.2, 0.25) is 5.91 Å². The Hall–Kier alpha value is -1.10. The Labute approximate surface area is 109 Å². The summed E-state index contributed by atoms with van der Waals surface area (Å²) in [6, 6.07) is 0.385. The topological polar surface area (TPSA) is 60.9 Å². The summed E-state index contributed by atoms with van der Waals surface area (Å²) in [5.41, 5.74) is -0.984. The number of rotatable bonds is 4. The minimum absolute atomic E-state index is 0.0473. The maximum Gasteiger partial charge on any atom is 0.309 e. The maximum atomic E-state index is 12.1. The van der Waals surface area contributed by atoms with Gasteiger partial charge < -0.3 is 14.9 Å². The van der Waals surface area contributed by atoms with Crippen molar-refractivity contribution in [3.05, 3.63) is 0 Å². The number of hydrogen-bond donors (Lipinski definition) is 1. The van der Waals surface area contributed by atoms with Gasteiger partial charge in [0.15, 0.2) is 0 Å². The van der Waals surface area contributed by atoms with Gasteiger partial charge in [0.25, 0.3) is 0 Å². The van der Waals surface area contributed by atoms with Crippen LogP contribution in [0.4, 0.5) is 0 Å². The van der Waals surface area contributed by atoms with Crippen molar-refractivity contribution in [2.24, 2.45) is 5.41 Å². The quantitative estimate of drug-likeness (QED) is 0.816. The van der Waals surface area contributed by atoms with Crippen molar-refractivity contribution < 1.29 is 14.7 Å². The summed E-state index contributed by atoms with van der Waals surface area (Å²) in [7, 11) is 4.03. The Morgan fingerprint density at radius 1 is 1.39 bits per heavy atom. The molecule has 18 heavy (non-hydrogen) atoms. The number of piperidine rings is 1. The van der Waals surface area contributed by atoms with E-state index in [1.807, 2.05) is 14.1 Å². The number of amides is 1. The Morgan fingerprint density at radius 3 is 2.50 bits per heavy atom. The number of carbonyl (C=O) groups is 2. The van der Waals surface area contributed by atoms with Crippen molar-refractivity contribution in [2.75, 3.05) is 27.2 Å². The number of carboxylic acids is 1.